The first-order valence-corrected chi connectivity index (χ1v) is 14.5. The van der Waals surface area contributed by atoms with E-state index in [1.807, 2.05) is 0 Å². The van der Waals surface area contributed by atoms with Crippen LogP contribution < -0.4 is 0 Å². The smallest absolute Gasteiger partial charge is 0.0804 e. The normalized spacial score (nSPS) is 50.9. The van der Waals surface area contributed by atoms with E-state index in [2.05, 4.69) is 61.5 Å². The van der Waals surface area contributed by atoms with Crippen LogP contribution in [0.1, 0.15) is 107 Å². The quantitative estimate of drug-likeness (QED) is 0.393. The van der Waals surface area contributed by atoms with Gasteiger partial charge in [-0.25, -0.2) is 0 Å². The molecule has 0 heterocycles. The van der Waals surface area contributed by atoms with Gasteiger partial charge in [-0.2, -0.15) is 0 Å². The Morgan fingerprint density at radius 3 is 2.09 bits per heavy atom. The maximum Gasteiger partial charge on any atom is 0.0804 e. The van der Waals surface area contributed by atoms with Crippen molar-refractivity contribution in [3.8, 4) is 0 Å². The molecular formula is C31H54O3. The third-order valence-electron chi connectivity index (χ3n) is 12.5. The molecule has 0 spiro atoms. The van der Waals surface area contributed by atoms with Crippen molar-refractivity contribution in [3.63, 3.8) is 0 Å². The second-order valence-electron chi connectivity index (χ2n) is 14.5. The van der Waals surface area contributed by atoms with Crippen molar-refractivity contribution in [1.82, 2.24) is 0 Å². The van der Waals surface area contributed by atoms with E-state index in [0.717, 1.165) is 12.3 Å². The summed E-state index contributed by atoms with van der Waals surface area (Å²) in [6.07, 6.45) is 9.14. The van der Waals surface area contributed by atoms with E-state index in [-0.39, 0.29) is 22.9 Å². The summed E-state index contributed by atoms with van der Waals surface area (Å²) >= 11 is 0. The van der Waals surface area contributed by atoms with E-state index >= 15 is 0 Å². The van der Waals surface area contributed by atoms with Gasteiger partial charge in [0.05, 0.1) is 18.3 Å². The molecule has 4 fully saturated rings. The lowest BCUT2D eigenvalue weighted by Crippen LogP contribution is -2.64. The minimum atomic E-state index is -0.683. The average molecular weight is 475 g/mol. The van der Waals surface area contributed by atoms with Gasteiger partial charge in [-0.15, -0.1) is 0 Å². The second kappa shape index (κ2) is 9.18. The Morgan fingerprint density at radius 2 is 1.44 bits per heavy atom. The molecule has 12 atom stereocenters. The predicted octanol–water partition coefficient (Wildman–Crippen LogP) is 6.60. The van der Waals surface area contributed by atoms with E-state index in [1.54, 1.807) is 5.57 Å². The molecule has 4 aliphatic rings. The van der Waals surface area contributed by atoms with Crippen molar-refractivity contribution in [1.29, 1.82) is 0 Å². The minimum absolute atomic E-state index is 0.0804. The van der Waals surface area contributed by atoms with Crippen molar-refractivity contribution in [2.24, 2.45) is 57.7 Å². The summed E-state index contributed by atoms with van der Waals surface area (Å²) in [7, 11) is 0. The largest absolute Gasteiger partial charge is 0.393 e. The molecule has 3 heteroatoms. The predicted molar refractivity (Wildman–Crippen MR) is 140 cm³/mol. The van der Waals surface area contributed by atoms with Crippen LogP contribution in [-0.2, 0) is 0 Å². The molecule has 0 unspecified atom stereocenters. The topological polar surface area (TPSA) is 60.7 Å². The fourth-order valence-corrected chi connectivity index (χ4v) is 10.3. The molecule has 0 saturated heterocycles. The lowest BCUT2D eigenvalue weighted by molar-refractivity contribution is -0.228. The minimum Gasteiger partial charge on any atom is -0.393 e. The maximum absolute atomic E-state index is 11.4. The zero-order valence-corrected chi connectivity index (χ0v) is 23.3. The molecule has 4 saturated carbocycles. The second-order valence-corrected chi connectivity index (χ2v) is 14.5. The number of allylic oxidation sites excluding steroid dienone is 2. The number of fused-ring (bicyclic) bond motifs is 5. The van der Waals surface area contributed by atoms with Gasteiger partial charge in [0, 0.05) is 0 Å². The fraction of sp³-hybridized carbons (Fsp3) is 0.935. The van der Waals surface area contributed by atoms with Crippen LogP contribution >= 0.6 is 0 Å². The van der Waals surface area contributed by atoms with Crippen LogP contribution in [-0.4, -0.2) is 33.6 Å². The molecule has 0 aromatic heterocycles. The Labute approximate surface area is 209 Å². The van der Waals surface area contributed by atoms with Gasteiger partial charge in [0.25, 0.3) is 0 Å². The molecule has 4 rings (SSSR count). The van der Waals surface area contributed by atoms with Crippen molar-refractivity contribution in [2.75, 3.05) is 0 Å². The SMILES string of the molecule is C/C(=C\C[C@@H](C)[C@H]1CC[C@H]2[C@]3(C)C[C@H](O)[C@H]4C[C@H](O)[C@@H](O)C[C@]4(C)[C@@H]3CC[C@@]21C)[C@H](C)C(C)C. The molecular weight excluding hydrogens is 420 g/mol. The Morgan fingerprint density at radius 1 is 0.824 bits per heavy atom. The summed E-state index contributed by atoms with van der Waals surface area (Å²) in [6, 6.07) is 0. The Balaban J connectivity index is 1.56. The molecule has 4 aliphatic carbocycles. The van der Waals surface area contributed by atoms with Gasteiger partial charge >= 0.3 is 0 Å². The van der Waals surface area contributed by atoms with Crippen LogP contribution in [0.4, 0.5) is 0 Å². The zero-order valence-electron chi connectivity index (χ0n) is 23.3. The first-order chi connectivity index (χ1) is 15.8. The number of aliphatic hydroxyl groups is 3. The summed E-state index contributed by atoms with van der Waals surface area (Å²) < 4.78 is 0. The highest BCUT2D eigenvalue weighted by atomic mass is 16.3. The Hall–Kier alpha value is -0.380. The van der Waals surface area contributed by atoms with Gasteiger partial charge in [0.2, 0.25) is 0 Å². The van der Waals surface area contributed by atoms with Crippen LogP contribution in [0.2, 0.25) is 0 Å². The van der Waals surface area contributed by atoms with E-state index in [4.69, 9.17) is 0 Å². The molecule has 0 aromatic carbocycles. The number of hydrogen-bond acceptors (Lipinski definition) is 3. The van der Waals surface area contributed by atoms with Crippen LogP contribution in [0.15, 0.2) is 11.6 Å². The van der Waals surface area contributed by atoms with Crippen molar-refractivity contribution in [2.45, 2.75) is 125 Å². The summed E-state index contributed by atoms with van der Waals surface area (Å²) in [5, 5.41) is 32.4. The van der Waals surface area contributed by atoms with Crippen molar-refractivity contribution < 1.29 is 15.3 Å². The van der Waals surface area contributed by atoms with Crippen molar-refractivity contribution in [3.05, 3.63) is 11.6 Å². The highest BCUT2D eigenvalue weighted by molar-refractivity contribution is 5.17. The summed E-state index contributed by atoms with van der Waals surface area (Å²) in [5.74, 6) is 4.05. The van der Waals surface area contributed by atoms with E-state index in [0.29, 0.717) is 47.8 Å². The number of hydrogen-bond donors (Lipinski definition) is 3. The van der Waals surface area contributed by atoms with Gasteiger partial charge in [-0.05, 0) is 116 Å². The highest BCUT2D eigenvalue weighted by Crippen LogP contribution is 2.73. The first kappa shape index (κ1) is 26.7. The zero-order chi connectivity index (χ0) is 25.2. The standard InChI is InChI=1S/C31H54O3/c1-18(2)21(5)19(3)9-10-20(4)22-11-12-27-29(22,6)14-13-28-30(7)17-26(34)24(32)15-23(30)25(33)16-31(27,28)8/h9,18,20-28,32-34H,10-17H2,1-8H3/b19-9+/t20-,21-,22-,23-,24+,25+,26+,27-,28+,29-,30+,31+/m1/s1. The highest BCUT2D eigenvalue weighted by Gasteiger charge is 2.67. The van der Waals surface area contributed by atoms with E-state index in [1.165, 1.54) is 32.1 Å². The molecule has 3 N–H and O–H groups in total. The molecule has 34 heavy (non-hydrogen) atoms. The third kappa shape index (κ3) is 4.04. The van der Waals surface area contributed by atoms with E-state index < -0.39 is 12.2 Å². The molecule has 0 amide bonds. The average Bonchev–Trinajstić information content (AvgIpc) is 3.11. The third-order valence-corrected chi connectivity index (χ3v) is 12.5. The van der Waals surface area contributed by atoms with Gasteiger partial charge in [0.15, 0.2) is 0 Å². The van der Waals surface area contributed by atoms with Crippen LogP contribution in [0, 0.1) is 57.7 Å². The van der Waals surface area contributed by atoms with Crippen LogP contribution in [0.3, 0.4) is 0 Å². The molecule has 0 bridgehead atoms. The molecule has 0 aliphatic heterocycles. The number of aliphatic hydroxyl groups excluding tert-OH is 3. The molecule has 0 aromatic rings. The van der Waals surface area contributed by atoms with Gasteiger partial charge in [-0.3, -0.25) is 0 Å². The summed E-state index contributed by atoms with van der Waals surface area (Å²) in [6.45, 7) is 19.2. The fourth-order valence-electron chi connectivity index (χ4n) is 10.3. The summed E-state index contributed by atoms with van der Waals surface area (Å²) in [5.41, 5.74) is 1.92. The van der Waals surface area contributed by atoms with Crippen molar-refractivity contribution >= 4 is 0 Å². The lowest BCUT2D eigenvalue weighted by Gasteiger charge is -2.67. The Bertz CT molecular complexity index is 775. The number of rotatable bonds is 5. The molecule has 196 valence electrons. The van der Waals surface area contributed by atoms with Crippen LogP contribution in [0.5, 0.6) is 0 Å². The lowest BCUT2D eigenvalue weighted by atomic mass is 9.38. The summed E-state index contributed by atoms with van der Waals surface area (Å²) in [4.78, 5) is 0. The Kier molecular flexibility index (Phi) is 7.20. The van der Waals surface area contributed by atoms with Gasteiger partial charge < -0.3 is 15.3 Å². The van der Waals surface area contributed by atoms with Gasteiger partial charge in [0.1, 0.15) is 0 Å². The maximum atomic E-state index is 11.4. The molecule has 0 radical (unpaired) electrons. The van der Waals surface area contributed by atoms with Crippen LogP contribution in [0.25, 0.3) is 0 Å². The van der Waals surface area contributed by atoms with E-state index in [9.17, 15) is 15.3 Å². The molecule has 3 nitrogen and oxygen atoms in total. The first-order valence-electron chi connectivity index (χ1n) is 14.5. The van der Waals surface area contributed by atoms with Gasteiger partial charge in [-0.1, -0.05) is 60.1 Å². The monoisotopic (exact) mass is 474 g/mol.